The average molecular weight is 525 g/mol. The van der Waals surface area contributed by atoms with Gasteiger partial charge in [0, 0.05) is 27.7 Å². The van der Waals surface area contributed by atoms with Gasteiger partial charge in [-0.3, -0.25) is 19.8 Å². The molecule has 0 atom stereocenters. The highest BCUT2D eigenvalue weighted by Gasteiger charge is 2.23. The minimum atomic E-state index is -0.939. The van der Waals surface area contributed by atoms with Crippen LogP contribution in [0.2, 0.25) is 10.0 Å². The van der Waals surface area contributed by atoms with Gasteiger partial charge in [-0.25, -0.2) is 4.68 Å². The van der Waals surface area contributed by atoms with Gasteiger partial charge in [0.2, 0.25) is 0 Å². The van der Waals surface area contributed by atoms with E-state index in [1.165, 1.54) is 30.0 Å². The monoisotopic (exact) mass is 524 g/mol. The van der Waals surface area contributed by atoms with Crippen LogP contribution in [0.4, 0.5) is 5.69 Å². The summed E-state index contributed by atoms with van der Waals surface area (Å²) in [5, 5.41) is 6.62. The predicted octanol–water partition coefficient (Wildman–Crippen LogP) is 4.64. The summed E-state index contributed by atoms with van der Waals surface area (Å²) >= 11 is 12.1. The second-order valence-electron chi connectivity index (χ2n) is 7.81. The van der Waals surface area contributed by atoms with E-state index in [1.54, 1.807) is 24.3 Å². The highest BCUT2D eigenvalue weighted by Crippen LogP contribution is 2.29. The highest BCUT2D eigenvalue weighted by molar-refractivity contribution is 6.38. The summed E-state index contributed by atoms with van der Waals surface area (Å²) in [6.07, 6.45) is 0.565. The summed E-state index contributed by atoms with van der Waals surface area (Å²) in [5.41, 5.74) is 4.40. The fourth-order valence-corrected chi connectivity index (χ4v) is 4.22. The summed E-state index contributed by atoms with van der Waals surface area (Å²) in [7, 11) is 1.47. The van der Waals surface area contributed by atoms with Crippen LogP contribution in [0.5, 0.6) is 5.75 Å². The highest BCUT2D eigenvalue weighted by atomic mass is 35.5. The number of carbonyl (C=O) groups excluding carboxylic acids is 3. The Balaban J connectivity index is 1.58. The van der Waals surface area contributed by atoms with Gasteiger partial charge in [-0.05, 0) is 42.3 Å². The van der Waals surface area contributed by atoms with Crippen LogP contribution in [0.3, 0.4) is 0 Å². The number of fused-ring (bicyclic) bond motifs is 1. The zero-order chi connectivity index (χ0) is 25.7. The molecule has 4 rings (SSSR count). The molecule has 4 aromatic rings. The van der Waals surface area contributed by atoms with Crippen molar-refractivity contribution in [2.24, 2.45) is 0 Å². The number of aromatic nitrogens is 1. The first kappa shape index (κ1) is 25.1. The van der Waals surface area contributed by atoms with E-state index < -0.39 is 17.7 Å². The van der Waals surface area contributed by atoms with Gasteiger partial charge in [-0.15, -0.1) is 0 Å². The van der Waals surface area contributed by atoms with Crippen LogP contribution < -0.4 is 20.8 Å². The van der Waals surface area contributed by atoms with E-state index in [4.69, 9.17) is 27.9 Å². The number of nitrogens with one attached hydrogen (secondary N) is 3. The molecule has 3 aromatic carbocycles. The Labute approximate surface area is 217 Å². The maximum Gasteiger partial charge on any atom is 0.328 e. The molecule has 0 aliphatic heterocycles. The number of anilines is 1. The van der Waals surface area contributed by atoms with Crippen molar-refractivity contribution >= 4 is 57.5 Å². The van der Waals surface area contributed by atoms with Crippen molar-refractivity contribution in [2.75, 3.05) is 24.4 Å². The lowest BCUT2D eigenvalue weighted by molar-refractivity contribution is -0.136. The molecule has 0 bridgehead atoms. The number of methoxy groups -OCH3 is 1. The molecule has 0 radical (unpaired) electrons. The van der Waals surface area contributed by atoms with E-state index in [9.17, 15) is 14.4 Å². The molecule has 3 amide bonds. The molecule has 1 aromatic heterocycles. The normalized spacial score (nSPS) is 10.6. The Hall–Kier alpha value is -4.01. The number of hydrogen-bond donors (Lipinski definition) is 3. The molecule has 10 heteroatoms. The van der Waals surface area contributed by atoms with Crippen LogP contribution in [-0.4, -0.2) is 36.1 Å². The quantitative estimate of drug-likeness (QED) is 0.306. The first-order valence-electron chi connectivity index (χ1n) is 10.9. The first-order valence-corrected chi connectivity index (χ1v) is 11.7. The van der Waals surface area contributed by atoms with E-state index in [1.807, 2.05) is 30.3 Å². The lowest BCUT2D eigenvalue weighted by Crippen LogP contribution is -2.40. The Kier molecular flexibility index (Phi) is 7.77. The molecule has 0 fully saturated rings. The Morgan fingerprint density at radius 3 is 2.31 bits per heavy atom. The molecule has 0 saturated heterocycles. The lowest BCUT2D eigenvalue weighted by Gasteiger charge is -2.14. The SMILES string of the molecule is COc1cccc2cc(C(=O)Nc3cc(Cl)cc(Cl)c3)n(NC(=O)C(=O)NCCc3ccccc3)c12. The molecule has 0 spiro atoms. The van der Waals surface area contributed by atoms with E-state index in [2.05, 4.69) is 16.1 Å². The van der Waals surface area contributed by atoms with E-state index in [0.717, 1.165) is 5.56 Å². The minimum absolute atomic E-state index is 0.0658. The number of hydrogen-bond acceptors (Lipinski definition) is 4. The fourth-order valence-electron chi connectivity index (χ4n) is 3.69. The van der Waals surface area contributed by atoms with Crippen LogP contribution in [0.15, 0.2) is 72.8 Å². The summed E-state index contributed by atoms with van der Waals surface area (Å²) < 4.78 is 6.66. The number of rotatable bonds is 7. The third-order valence-electron chi connectivity index (χ3n) is 5.32. The maximum atomic E-state index is 13.2. The van der Waals surface area contributed by atoms with Crippen molar-refractivity contribution in [3.63, 3.8) is 0 Å². The number of carbonyl (C=O) groups is 3. The molecule has 1 heterocycles. The van der Waals surface area contributed by atoms with Gasteiger partial charge in [-0.1, -0.05) is 65.7 Å². The van der Waals surface area contributed by atoms with Crippen molar-refractivity contribution in [1.82, 2.24) is 9.99 Å². The fraction of sp³-hybridized carbons (Fsp3) is 0.115. The number of nitrogens with zero attached hydrogens (tertiary/aromatic N) is 1. The topological polar surface area (TPSA) is 101 Å². The second-order valence-corrected chi connectivity index (χ2v) is 8.68. The molecule has 3 N–H and O–H groups in total. The zero-order valence-electron chi connectivity index (χ0n) is 19.2. The number of halogens is 2. The molecular weight excluding hydrogens is 503 g/mol. The second kappa shape index (κ2) is 11.2. The van der Waals surface area contributed by atoms with Gasteiger partial charge in [0.05, 0.1) is 7.11 Å². The van der Waals surface area contributed by atoms with Gasteiger partial charge in [0.1, 0.15) is 17.0 Å². The summed E-state index contributed by atoms with van der Waals surface area (Å²) in [5.74, 6) is -1.93. The molecule has 36 heavy (non-hydrogen) atoms. The summed E-state index contributed by atoms with van der Waals surface area (Å²) in [6, 6.07) is 21.0. The van der Waals surface area contributed by atoms with Gasteiger partial charge in [0.25, 0.3) is 5.91 Å². The Morgan fingerprint density at radius 1 is 0.889 bits per heavy atom. The molecule has 0 unspecified atom stereocenters. The third kappa shape index (κ3) is 5.79. The smallest absolute Gasteiger partial charge is 0.328 e. The third-order valence-corrected chi connectivity index (χ3v) is 5.76. The van der Waals surface area contributed by atoms with Crippen molar-refractivity contribution in [2.45, 2.75) is 6.42 Å². The lowest BCUT2D eigenvalue weighted by atomic mass is 10.1. The van der Waals surface area contributed by atoms with Crippen molar-refractivity contribution < 1.29 is 19.1 Å². The molecule has 8 nitrogen and oxygen atoms in total. The number of benzene rings is 3. The Bertz CT molecular complexity index is 1420. The van der Waals surface area contributed by atoms with Gasteiger partial charge in [0.15, 0.2) is 0 Å². The van der Waals surface area contributed by atoms with E-state index >= 15 is 0 Å². The van der Waals surface area contributed by atoms with Crippen molar-refractivity contribution in [3.8, 4) is 5.75 Å². The molecule has 0 aliphatic rings. The van der Waals surface area contributed by atoms with Crippen LogP contribution in [0, 0.1) is 0 Å². The van der Waals surface area contributed by atoms with E-state index in [0.29, 0.717) is 38.8 Å². The summed E-state index contributed by atoms with van der Waals surface area (Å²) in [4.78, 5) is 38.5. The number of ether oxygens (including phenoxy) is 1. The van der Waals surface area contributed by atoms with Crippen LogP contribution in [-0.2, 0) is 16.0 Å². The van der Waals surface area contributed by atoms with Gasteiger partial charge < -0.3 is 15.4 Å². The van der Waals surface area contributed by atoms with Crippen LogP contribution >= 0.6 is 23.2 Å². The van der Waals surface area contributed by atoms with Crippen molar-refractivity contribution in [3.05, 3.63) is 94.1 Å². The largest absolute Gasteiger partial charge is 0.494 e. The van der Waals surface area contributed by atoms with Crippen LogP contribution in [0.25, 0.3) is 10.9 Å². The number of amides is 3. The first-order chi connectivity index (χ1) is 17.4. The van der Waals surface area contributed by atoms with Crippen LogP contribution in [0.1, 0.15) is 16.1 Å². The van der Waals surface area contributed by atoms with E-state index in [-0.39, 0.29) is 12.2 Å². The molecule has 184 valence electrons. The average Bonchev–Trinajstić information content (AvgIpc) is 3.22. The minimum Gasteiger partial charge on any atom is -0.494 e. The van der Waals surface area contributed by atoms with Gasteiger partial charge >= 0.3 is 11.8 Å². The standard InChI is InChI=1S/C26H22Cl2N4O4/c1-36-22-9-5-8-17-12-21(24(33)30-20-14-18(27)13-19(28)15-20)32(23(17)22)31-26(35)25(34)29-11-10-16-6-3-2-4-7-16/h2-9,12-15H,10-11H2,1H3,(H,29,34)(H,30,33)(H,31,35). The van der Waals surface area contributed by atoms with Crippen molar-refractivity contribution in [1.29, 1.82) is 0 Å². The Morgan fingerprint density at radius 2 is 1.61 bits per heavy atom. The zero-order valence-corrected chi connectivity index (χ0v) is 20.7. The summed E-state index contributed by atoms with van der Waals surface area (Å²) in [6.45, 7) is 0.273. The molecule has 0 aliphatic carbocycles. The predicted molar refractivity (Wildman–Crippen MR) is 140 cm³/mol. The van der Waals surface area contributed by atoms with Gasteiger partial charge in [-0.2, -0.15) is 0 Å². The molecule has 0 saturated carbocycles. The number of para-hydroxylation sites is 1. The maximum absolute atomic E-state index is 13.2. The molecular formula is C26H22Cl2N4O4.